The summed E-state index contributed by atoms with van der Waals surface area (Å²) in [6.45, 7) is -0.272. The summed E-state index contributed by atoms with van der Waals surface area (Å²) in [7, 11) is 0. The van der Waals surface area contributed by atoms with Crippen molar-refractivity contribution in [1.29, 1.82) is 0 Å². The number of hydrogen-bond donors (Lipinski definition) is 2. The zero-order valence-corrected chi connectivity index (χ0v) is 12.2. The van der Waals surface area contributed by atoms with E-state index in [0.29, 0.717) is 12.0 Å². The highest BCUT2D eigenvalue weighted by atomic mass is 16.6. The van der Waals surface area contributed by atoms with Gasteiger partial charge in [0.15, 0.2) is 0 Å². The highest BCUT2D eigenvalue weighted by Gasteiger charge is 2.10. The third kappa shape index (κ3) is 4.87. The van der Waals surface area contributed by atoms with Gasteiger partial charge in [0.1, 0.15) is 12.8 Å². The van der Waals surface area contributed by atoms with Gasteiger partial charge < -0.3 is 15.6 Å². The number of nitrogens with zero attached hydrogens (tertiary/aromatic N) is 1. The second-order valence-corrected chi connectivity index (χ2v) is 4.97. The molecular weight excluding hydrogens is 300 g/mol. The molecule has 1 atom stereocenters. The molecule has 7 heteroatoms. The summed E-state index contributed by atoms with van der Waals surface area (Å²) in [5, 5.41) is 19.5. The topological polar surface area (TPSA) is 116 Å². The average molecular weight is 316 g/mol. The van der Waals surface area contributed by atoms with Gasteiger partial charge in [-0.25, -0.2) is 4.79 Å². The maximum atomic E-state index is 11.8. The molecule has 2 rings (SSSR count). The van der Waals surface area contributed by atoms with Crippen molar-refractivity contribution in [2.45, 2.75) is 12.6 Å². The smallest absolute Gasteiger partial charge is 0.338 e. The van der Waals surface area contributed by atoms with Crippen LogP contribution in [0.15, 0.2) is 48.5 Å². The van der Waals surface area contributed by atoms with Crippen molar-refractivity contribution in [2.24, 2.45) is 5.73 Å². The molecule has 0 spiro atoms. The van der Waals surface area contributed by atoms with Crippen molar-refractivity contribution in [3.63, 3.8) is 0 Å². The van der Waals surface area contributed by atoms with Crippen LogP contribution in [0.25, 0.3) is 0 Å². The van der Waals surface area contributed by atoms with Gasteiger partial charge in [-0.3, -0.25) is 10.1 Å². The van der Waals surface area contributed by atoms with Crippen LogP contribution in [0.3, 0.4) is 0 Å². The van der Waals surface area contributed by atoms with E-state index in [9.17, 15) is 14.9 Å². The fourth-order valence-corrected chi connectivity index (χ4v) is 2.02. The lowest BCUT2D eigenvalue weighted by Gasteiger charge is -2.08. The predicted octanol–water partition coefficient (Wildman–Crippen LogP) is 1.62. The van der Waals surface area contributed by atoms with E-state index in [-0.39, 0.29) is 12.3 Å². The molecule has 2 aromatic rings. The SMILES string of the molecule is NC(O)COC(=O)c1cccc(Cc2ccc([N+](=O)[O-])cc2)c1. The number of aliphatic hydroxyl groups excluding tert-OH is 1. The number of rotatable bonds is 6. The zero-order chi connectivity index (χ0) is 16.8. The Bertz CT molecular complexity index is 698. The molecule has 0 fully saturated rings. The summed E-state index contributed by atoms with van der Waals surface area (Å²) in [6, 6.07) is 13.1. The fourth-order valence-electron chi connectivity index (χ4n) is 2.02. The monoisotopic (exact) mass is 316 g/mol. The molecule has 0 saturated heterocycles. The van der Waals surface area contributed by atoms with Crippen LogP contribution in [0.2, 0.25) is 0 Å². The van der Waals surface area contributed by atoms with Crippen molar-refractivity contribution in [3.8, 4) is 0 Å². The molecule has 23 heavy (non-hydrogen) atoms. The first-order chi connectivity index (χ1) is 11.0. The molecule has 0 heterocycles. The Kier molecular flexibility index (Phi) is 5.40. The van der Waals surface area contributed by atoms with Crippen LogP contribution in [-0.4, -0.2) is 28.8 Å². The van der Waals surface area contributed by atoms with Gasteiger partial charge in [0, 0.05) is 12.1 Å². The van der Waals surface area contributed by atoms with Gasteiger partial charge in [-0.15, -0.1) is 0 Å². The van der Waals surface area contributed by atoms with Gasteiger partial charge in [-0.1, -0.05) is 24.3 Å². The van der Waals surface area contributed by atoms with E-state index in [1.165, 1.54) is 12.1 Å². The Labute approximate surface area is 132 Å². The molecule has 3 N–H and O–H groups in total. The van der Waals surface area contributed by atoms with Crippen LogP contribution in [0.4, 0.5) is 5.69 Å². The molecular formula is C16H16N2O5. The van der Waals surface area contributed by atoms with E-state index in [1.807, 2.05) is 6.07 Å². The summed E-state index contributed by atoms with van der Waals surface area (Å²) >= 11 is 0. The van der Waals surface area contributed by atoms with E-state index in [1.54, 1.807) is 30.3 Å². The quantitative estimate of drug-likeness (QED) is 0.362. The minimum absolute atomic E-state index is 0.0337. The minimum atomic E-state index is -1.21. The van der Waals surface area contributed by atoms with Crippen molar-refractivity contribution in [2.75, 3.05) is 6.61 Å². The summed E-state index contributed by atoms with van der Waals surface area (Å²) < 4.78 is 4.85. The van der Waals surface area contributed by atoms with E-state index in [4.69, 9.17) is 15.6 Å². The molecule has 0 aliphatic heterocycles. The van der Waals surface area contributed by atoms with Crippen molar-refractivity contribution >= 4 is 11.7 Å². The van der Waals surface area contributed by atoms with Crippen LogP contribution < -0.4 is 5.73 Å². The summed E-state index contributed by atoms with van der Waals surface area (Å²) in [6.07, 6.45) is -0.680. The van der Waals surface area contributed by atoms with Gasteiger partial charge >= 0.3 is 5.97 Å². The molecule has 2 aromatic carbocycles. The first-order valence-corrected chi connectivity index (χ1v) is 6.89. The third-order valence-corrected chi connectivity index (χ3v) is 3.10. The van der Waals surface area contributed by atoms with E-state index in [2.05, 4.69) is 0 Å². The third-order valence-electron chi connectivity index (χ3n) is 3.10. The molecule has 0 aliphatic carbocycles. The van der Waals surface area contributed by atoms with E-state index in [0.717, 1.165) is 11.1 Å². The molecule has 120 valence electrons. The maximum Gasteiger partial charge on any atom is 0.338 e. The average Bonchev–Trinajstić information content (AvgIpc) is 2.53. The van der Waals surface area contributed by atoms with Gasteiger partial charge in [0.25, 0.3) is 5.69 Å². The number of non-ortho nitro benzene ring substituents is 1. The molecule has 0 amide bonds. The second-order valence-electron chi connectivity index (χ2n) is 4.97. The lowest BCUT2D eigenvalue weighted by atomic mass is 10.0. The molecule has 1 unspecified atom stereocenters. The number of carbonyl (C=O) groups is 1. The van der Waals surface area contributed by atoms with E-state index >= 15 is 0 Å². The lowest BCUT2D eigenvalue weighted by Crippen LogP contribution is -2.26. The summed E-state index contributed by atoms with van der Waals surface area (Å²) in [5.41, 5.74) is 7.25. The Hall–Kier alpha value is -2.77. The van der Waals surface area contributed by atoms with Gasteiger partial charge in [-0.2, -0.15) is 0 Å². The molecule has 0 aliphatic rings. The normalized spacial score (nSPS) is 11.7. The van der Waals surface area contributed by atoms with E-state index < -0.39 is 17.1 Å². The van der Waals surface area contributed by atoms with Crippen LogP contribution >= 0.6 is 0 Å². The molecule has 7 nitrogen and oxygen atoms in total. The number of esters is 1. The standard InChI is InChI=1S/C16H16N2O5/c17-15(19)10-23-16(20)13-3-1-2-12(9-13)8-11-4-6-14(7-5-11)18(21)22/h1-7,9,15,19H,8,10,17H2. The summed E-state index contributed by atoms with van der Waals surface area (Å²) in [4.78, 5) is 22.0. The predicted molar refractivity (Wildman–Crippen MR) is 82.8 cm³/mol. The first-order valence-electron chi connectivity index (χ1n) is 6.89. The second kappa shape index (κ2) is 7.48. The van der Waals surface area contributed by atoms with Crippen LogP contribution in [0, 0.1) is 10.1 Å². The first kappa shape index (κ1) is 16.6. The van der Waals surface area contributed by atoms with Crippen molar-refractivity contribution in [3.05, 3.63) is 75.3 Å². The van der Waals surface area contributed by atoms with Gasteiger partial charge in [0.05, 0.1) is 10.5 Å². The zero-order valence-electron chi connectivity index (χ0n) is 12.2. The van der Waals surface area contributed by atoms with Gasteiger partial charge in [-0.05, 0) is 29.7 Å². The number of nitrogens with two attached hydrogens (primary N) is 1. The minimum Gasteiger partial charge on any atom is -0.458 e. The summed E-state index contributed by atoms with van der Waals surface area (Å²) in [5.74, 6) is -0.569. The van der Waals surface area contributed by atoms with Crippen LogP contribution in [0.5, 0.6) is 0 Å². The molecule has 0 radical (unpaired) electrons. The number of hydrogen-bond acceptors (Lipinski definition) is 6. The van der Waals surface area contributed by atoms with Gasteiger partial charge in [0.2, 0.25) is 0 Å². The Morgan fingerprint density at radius 3 is 2.52 bits per heavy atom. The number of carbonyl (C=O) groups excluding carboxylic acids is 1. The fraction of sp³-hybridized carbons (Fsp3) is 0.188. The Morgan fingerprint density at radius 1 is 1.22 bits per heavy atom. The Balaban J connectivity index is 2.07. The van der Waals surface area contributed by atoms with Crippen molar-refractivity contribution in [1.82, 2.24) is 0 Å². The largest absolute Gasteiger partial charge is 0.458 e. The maximum absolute atomic E-state index is 11.8. The number of nitro benzene ring substituents is 1. The number of benzene rings is 2. The number of aliphatic hydroxyl groups is 1. The van der Waals surface area contributed by atoms with Crippen LogP contribution in [0.1, 0.15) is 21.5 Å². The molecule has 0 aromatic heterocycles. The highest BCUT2D eigenvalue weighted by Crippen LogP contribution is 2.16. The molecule has 0 saturated carbocycles. The lowest BCUT2D eigenvalue weighted by molar-refractivity contribution is -0.384. The van der Waals surface area contributed by atoms with Crippen LogP contribution in [-0.2, 0) is 11.2 Å². The number of ether oxygens (including phenoxy) is 1. The highest BCUT2D eigenvalue weighted by molar-refractivity contribution is 5.89. The molecule has 0 bridgehead atoms. The number of nitro groups is 1. The van der Waals surface area contributed by atoms with Crippen molar-refractivity contribution < 1.29 is 19.6 Å². The Morgan fingerprint density at radius 2 is 1.91 bits per heavy atom.